The molecule has 16 heteroatoms. The van der Waals surface area contributed by atoms with Gasteiger partial charge in [0.05, 0.1) is 52.9 Å². The molecule has 1 aromatic heterocycles. The molecule has 0 atom stereocenters. The van der Waals surface area contributed by atoms with E-state index in [9.17, 15) is 36.2 Å². The summed E-state index contributed by atoms with van der Waals surface area (Å²) in [6.07, 6.45) is -3.83. The maximum atomic E-state index is 14.3. The summed E-state index contributed by atoms with van der Waals surface area (Å²) in [5.74, 6) is -2.17. The Morgan fingerprint density at radius 1 is 0.738 bits per heavy atom. The molecule has 4 aliphatic rings. The summed E-state index contributed by atoms with van der Waals surface area (Å²) in [6, 6.07) is 2.05. The van der Waals surface area contributed by atoms with Crippen molar-refractivity contribution < 1.29 is 75.2 Å². The number of aliphatic imine (C=N–C) groups is 3. The minimum absolute atomic E-state index is 0. The molecule has 1 aromatic rings. The SMILES string of the molecule is COC(=O)C1=C2C=CC(=N2)C(C(F)(F)F)=C2C=CC(=N2)/C(=C(/[O-])OC)c2ccc([n-]2)C(C(F)(F)F)=C2C=CC1=N2.[Cl-].[Mn+3]. The third-order valence-corrected chi connectivity index (χ3v) is 5.96. The van der Waals surface area contributed by atoms with E-state index < -0.39 is 69.4 Å². The summed E-state index contributed by atoms with van der Waals surface area (Å²) in [5, 5.41) is 12.6. The number of hydrogen-bond donors (Lipinski definition) is 0. The first-order valence-electron chi connectivity index (χ1n) is 11.2. The number of halogens is 7. The quantitative estimate of drug-likeness (QED) is 0.205. The van der Waals surface area contributed by atoms with Crippen LogP contribution >= 0.6 is 0 Å². The van der Waals surface area contributed by atoms with Gasteiger partial charge in [-0.05, 0) is 43.6 Å². The number of nitrogens with zero attached hydrogens (tertiary/aromatic N) is 4. The molecule has 0 aliphatic carbocycles. The molecule has 0 N–H and O–H groups in total. The minimum atomic E-state index is -4.99. The van der Waals surface area contributed by atoms with Crippen LogP contribution in [0.25, 0.3) is 11.1 Å². The van der Waals surface area contributed by atoms with E-state index in [1.807, 2.05) is 0 Å². The van der Waals surface area contributed by atoms with Crippen molar-refractivity contribution in [3.8, 4) is 0 Å². The molecule has 5 heterocycles. The fourth-order valence-corrected chi connectivity index (χ4v) is 4.29. The average Bonchev–Trinajstić information content (AvgIpc) is 3.67. The number of carbonyl (C=O) groups is 1. The van der Waals surface area contributed by atoms with Gasteiger partial charge in [-0.3, -0.25) is 0 Å². The largest absolute Gasteiger partial charge is 3.00 e. The summed E-state index contributed by atoms with van der Waals surface area (Å²) in [6.45, 7) is 0. The summed E-state index contributed by atoms with van der Waals surface area (Å²) in [7, 11) is 1.98. The number of rotatable bonds is 2. The number of alkyl halides is 6. The van der Waals surface area contributed by atoms with E-state index in [0.717, 1.165) is 62.8 Å². The van der Waals surface area contributed by atoms with E-state index >= 15 is 0 Å². The minimum Gasteiger partial charge on any atom is -1.00 e. The molecule has 0 aromatic carbocycles. The van der Waals surface area contributed by atoms with Gasteiger partial charge in [-0.25, -0.2) is 19.8 Å². The predicted molar refractivity (Wildman–Crippen MR) is 129 cm³/mol. The van der Waals surface area contributed by atoms with E-state index in [2.05, 4.69) is 20.0 Å². The summed E-state index contributed by atoms with van der Waals surface area (Å²) in [5.41, 5.74) is -7.32. The molecule has 0 fully saturated rings. The fraction of sp³-hybridized carbons (Fsp3) is 0.154. The number of ether oxygens (including phenoxy) is 2. The second-order valence-electron chi connectivity index (χ2n) is 8.34. The standard InChI is InChI=1S/C26H16F6N4O4.ClH.Mn/c1-39-23(37)19-11-3-7-15(33-11)21(25(27,28)29)17-9-5-13(35-17)20(24(38)40-2)14-6-10-18(36-14)22(26(30,31)32)16-8-4-12(19)34-16;;/h3-10H,1-2H3,(H2,33,34,35,36,37,38);1H;/q;;+3/p-3. The predicted octanol–water partition coefficient (Wildman–Crippen LogP) is 0.884. The smallest absolute Gasteiger partial charge is 1.00 e. The zero-order valence-corrected chi connectivity index (χ0v) is 23.0. The van der Waals surface area contributed by atoms with Gasteiger partial charge in [0.2, 0.25) is 0 Å². The van der Waals surface area contributed by atoms with Crippen molar-refractivity contribution in [1.29, 1.82) is 0 Å². The Morgan fingerprint density at radius 2 is 1.24 bits per heavy atom. The molecule has 42 heavy (non-hydrogen) atoms. The fourth-order valence-electron chi connectivity index (χ4n) is 4.29. The Kier molecular flexibility index (Phi) is 9.01. The molecule has 8 nitrogen and oxygen atoms in total. The molecule has 0 spiro atoms. The van der Waals surface area contributed by atoms with Crippen LogP contribution in [-0.2, 0) is 31.3 Å². The number of methoxy groups -OCH3 is 2. The Morgan fingerprint density at radius 3 is 1.83 bits per heavy atom. The maximum Gasteiger partial charge on any atom is 3.00 e. The number of hydrogen-bond acceptors (Lipinski definition) is 7. The molecule has 4 aliphatic heterocycles. The molecular weight excluding hydrogens is 637 g/mol. The van der Waals surface area contributed by atoms with Crippen LogP contribution < -0.4 is 22.5 Å². The first-order chi connectivity index (χ1) is 18.8. The van der Waals surface area contributed by atoms with Gasteiger partial charge in [-0.2, -0.15) is 26.3 Å². The van der Waals surface area contributed by atoms with Gasteiger partial charge in [0.1, 0.15) is 11.1 Å². The van der Waals surface area contributed by atoms with Crippen molar-refractivity contribution in [3.63, 3.8) is 0 Å². The molecule has 8 bridgehead atoms. The first kappa shape index (κ1) is 32.4. The van der Waals surface area contributed by atoms with E-state index in [1.54, 1.807) is 0 Å². The third-order valence-electron chi connectivity index (χ3n) is 5.96. The second kappa shape index (κ2) is 11.7. The number of fused-ring (bicyclic) bond motifs is 5. The molecule has 0 saturated carbocycles. The Bertz CT molecular complexity index is 1670. The zero-order valence-electron chi connectivity index (χ0n) is 21.1. The summed E-state index contributed by atoms with van der Waals surface area (Å²) < 4.78 is 95.1. The van der Waals surface area contributed by atoms with E-state index in [1.165, 1.54) is 0 Å². The Hall–Kier alpha value is -4.07. The average molecular weight is 651 g/mol. The number of allylic oxidation sites excluding steroid dienone is 9. The van der Waals surface area contributed by atoms with Crippen molar-refractivity contribution in [2.45, 2.75) is 12.4 Å². The van der Waals surface area contributed by atoms with Crippen LogP contribution in [0.1, 0.15) is 11.4 Å². The Labute approximate surface area is 249 Å². The van der Waals surface area contributed by atoms with Crippen LogP contribution in [0.5, 0.6) is 0 Å². The van der Waals surface area contributed by atoms with Crippen LogP contribution in [0.4, 0.5) is 26.3 Å². The van der Waals surface area contributed by atoms with Gasteiger partial charge in [-0.15, -0.1) is 11.4 Å². The Balaban J connectivity index is 0.00000242. The maximum absolute atomic E-state index is 14.3. The molecule has 0 radical (unpaired) electrons. The van der Waals surface area contributed by atoms with Gasteiger partial charge in [0.25, 0.3) is 0 Å². The molecule has 218 valence electrons. The molecule has 0 unspecified atom stereocenters. The van der Waals surface area contributed by atoms with Gasteiger partial charge in [0.15, 0.2) is 0 Å². The van der Waals surface area contributed by atoms with Gasteiger partial charge < -0.3 is 32.0 Å². The van der Waals surface area contributed by atoms with Gasteiger partial charge >= 0.3 is 35.4 Å². The third kappa shape index (κ3) is 5.67. The number of aromatic nitrogens is 1. The van der Waals surface area contributed by atoms with Crippen LogP contribution in [0, 0.1) is 0 Å². The normalized spacial score (nSPS) is 18.9. The van der Waals surface area contributed by atoms with Crippen molar-refractivity contribution >= 4 is 34.3 Å². The molecular formula is C26H14ClF6MnN4O4. The van der Waals surface area contributed by atoms with Crippen LogP contribution in [-0.4, -0.2) is 49.7 Å². The van der Waals surface area contributed by atoms with Crippen LogP contribution in [0.15, 0.2) is 97.7 Å². The molecule has 0 amide bonds. The van der Waals surface area contributed by atoms with Crippen molar-refractivity contribution in [2.24, 2.45) is 15.0 Å². The monoisotopic (exact) mass is 650 g/mol. The topological polar surface area (TPSA) is 110 Å². The van der Waals surface area contributed by atoms with Crippen molar-refractivity contribution in [3.05, 3.63) is 94.2 Å². The second-order valence-corrected chi connectivity index (χ2v) is 8.34. The van der Waals surface area contributed by atoms with Gasteiger partial charge in [-0.1, -0.05) is 12.1 Å². The molecule has 5 rings (SSSR count). The van der Waals surface area contributed by atoms with Crippen LogP contribution in [0.2, 0.25) is 0 Å². The van der Waals surface area contributed by atoms with Crippen LogP contribution in [0.3, 0.4) is 0 Å². The van der Waals surface area contributed by atoms with E-state index in [0.29, 0.717) is 0 Å². The zero-order chi connectivity index (χ0) is 29.0. The summed E-state index contributed by atoms with van der Waals surface area (Å²) >= 11 is 0. The summed E-state index contributed by atoms with van der Waals surface area (Å²) in [4.78, 5) is 28.4. The van der Waals surface area contributed by atoms with Crippen molar-refractivity contribution in [1.82, 2.24) is 4.98 Å². The number of esters is 1. The van der Waals surface area contributed by atoms with E-state index in [-0.39, 0.29) is 52.3 Å². The van der Waals surface area contributed by atoms with E-state index in [4.69, 9.17) is 9.47 Å². The van der Waals surface area contributed by atoms with Crippen molar-refractivity contribution in [2.75, 3.05) is 14.2 Å². The molecule has 0 saturated heterocycles. The number of carbonyl (C=O) groups excluding carboxylic acids is 1. The first-order valence-corrected chi connectivity index (χ1v) is 11.2. The van der Waals surface area contributed by atoms with Gasteiger partial charge in [0, 0.05) is 5.57 Å².